The Morgan fingerprint density at radius 2 is 1.12 bits per heavy atom. The highest BCUT2D eigenvalue weighted by molar-refractivity contribution is 4.49. The maximum Gasteiger partial charge on any atom is 0.0773 e. The summed E-state index contributed by atoms with van der Waals surface area (Å²) >= 11 is 0. The van der Waals surface area contributed by atoms with Gasteiger partial charge < -0.3 is 4.90 Å². The molecule has 0 bridgehead atoms. The lowest BCUT2D eigenvalue weighted by atomic mass is 10.1. The van der Waals surface area contributed by atoms with Crippen LogP contribution in [-0.2, 0) is 0 Å². The first kappa shape index (κ1) is 15.0. The van der Waals surface area contributed by atoms with Crippen molar-refractivity contribution in [3.05, 3.63) is 0 Å². The largest absolute Gasteiger partial charge is 0.335 e. The minimum atomic E-state index is 1.37. The Morgan fingerprint density at radius 1 is 0.647 bits per heavy atom. The maximum absolute atomic E-state index is 2.29. The quantitative estimate of drug-likeness (QED) is 0.527. The molecule has 1 heterocycles. The SMILES string of the molecule is CCCCCCCCCCCC[NH+]1CCCC1. The number of hydrogen-bond donors (Lipinski definition) is 1. The van der Waals surface area contributed by atoms with Gasteiger partial charge in [-0.25, -0.2) is 0 Å². The first-order valence-electron chi connectivity index (χ1n) is 8.27. The van der Waals surface area contributed by atoms with Gasteiger partial charge in [-0.1, -0.05) is 58.3 Å². The second-order valence-electron chi connectivity index (χ2n) is 5.89. The molecule has 1 saturated heterocycles. The van der Waals surface area contributed by atoms with Crippen molar-refractivity contribution in [2.75, 3.05) is 19.6 Å². The van der Waals surface area contributed by atoms with E-state index in [9.17, 15) is 0 Å². The van der Waals surface area contributed by atoms with Gasteiger partial charge in [0.05, 0.1) is 19.6 Å². The van der Waals surface area contributed by atoms with Gasteiger partial charge in [0.2, 0.25) is 0 Å². The van der Waals surface area contributed by atoms with Crippen molar-refractivity contribution in [3.8, 4) is 0 Å². The fourth-order valence-electron chi connectivity index (χ4n) is 2.99. The van der Waals surface area contributed by atoms with Gasteiger partial charge in [0, 0.05) is 12.8 Å². The monoisotopic (exact) mass is 240 g/mol. The predicted octanol–water partition coefficient (Wildman–Crippen LogP) is 3.59. The zero-order chi connectivity index (χ0) is 12.2. The molecule has 1 heteroatoms. The smallest absolute Gasteiger partial charge is 0.0773 e. The molecule has 1 nitrogen and oxygen atoms in total. The highest BCUT2D eigenvalue weighted by Gasteiger charge is 2.13. The summed E-state index contributed by atoms with van der Waals surface area (Å²) in [7, 11) is 0. The standard InChI is InChI=1S/C16H33N/c1-2-3-4-5-6-7-8-9-10-11-14-17-15-12-13-16-17/h2-16H2,1H3/p+1. The van der Waals surface area contributed by atoms with Crippen LogP contribution in [0.2, 0.25) is 0 Å². The van der Waals surface area contributed by atoms with Crippen molar-refractivity contribution >= 4 is 0 Å². The van der Waals surface area contributed by atoms with Crippen LogP contribution in [0, 0.1) is 0 Å². The van der Waals surface area contributed by atoms with Crippen LogP contribution in [0.1, 0.15) is 84.0 Å². The van der Waals surface area contributed by atoms with Gasteiger partial charge >= 0.3 is 0 Å². The summed E-state index contributed by atoms with van der Waals surface area (Å²) in [5.41, 5.74) is 0. The Kier molecular flexibility index (Phi) is 9.78. The molecule has 1 aliphatic rings. The number of unbranched alkanes of at least 4 members (excludes halogenated alkanes) is 9. The van der Waals surface area contributed by atoms with Crippen LogP contribution in [0.5, 0.6) is 0 Å². The number of rotatable bonds is 11. The van der Waals surface area contributed by atoms with E-state index < -0.39 is 0 Å². The Labute approximate surface area is 109 Å². The highest BCUT2D eigenvalue weighted by Crippen LogP contribution is 2.10. The van der Waals surface area contributed by atoms with Gasteiger partial charge in [0.1, 0.15) is 0 Å². The molecule has 0 radical (unpaired) electrons. The lowest BCUT2D eigenvalue weighted by molar-refractivity contribution is -0.887. The zero-order valence-electron chi connectivity index (χ0n) is 12.1. The average molecular weight is 240 g/mol. The average Bonchev–Trinajstić information content (AvgIpc) is 2.85. The molecule has 1 aliphatic heterocycles. The van der Waals surface area contributed by atoms with Crippen LogP contribution in [0.25, 0.3) is 0 Å². The molecule has 0 amide bonds. The molecular formula is C16H34N+. The number of likely N-dealkylation sites (tertiary alicyclic amines) is 1. The van der Waals surface area contributed by atoms with Crippen molar-refractivity contribution in [1.29, 1.82) is 0 Å². The molecule has 0 aromatic carbocycles. The summed E-state index contributed by atoms with van der Waals surface area (Å²) in [5.74, 6) is 0. The van der Waals surface area contributed by atoms with Gasteiger partial charge in [0.25, 0.3) is 0 Å². The molecular weight excluding hydrogens is 206 g/mol. The molecule has 102 valence electrons. The van der Waals surface area contributed by atoms with E-state index in [0.717, 1.165) is 0 Å². The van der Waals surface area contributed by atoms with Crippen LogP contribution in [0.4, 0.5) is 0 Å². The summed E-state index contributed by atoms with van der Waals surface area (Å²) in [6.45, 7) is 6.66. The van der Waals surface area contributed by atoms with Crippen LogP contribution in [-0.4, -0.2) is 19.6 Å². The van der Waals surface area contributed by atoms with Gasteiger partial charge in [-0.2, -0.15) is 0 Å². The second-order valence-corrected chi connectivity index (χ2v) is 5.89. The van der Waals surface area contributed by atoms with Crippen LogP contribution >= 0.6 is 0 Å². The van der Waals surface area contributed by atoms with Gasteiger partial charge in [-0.05, 0) is 12.8 Å². The first-order chi connectivity index (χ1) is 8.43. The maximum atomic E-state index is 2.29. The minimum absolute atomic E-state index is 1.37. The van der Waals surface area contributed by atoms with E-state index in [-0.39, 0.29) is 0 Å². The van der Waals surface area contributed by atoms with Crippen LogP contribution in [0.15, 0.2) is 0 Å². The van der Waals surface area contributed by atoms with E-state index in [1.54, 1.807) is 0 Å². The molecule has 17 heavy (non-hydrogen) atoms. The number of nitrogens with one attached hydrogen (secondary N) is 1. The van der Waals surface area contributed by atoms with Crippen molar-refractivity contribution in [2.45, 2.75) is 84.0 Å². The summed E-state index contributed by atoms with van der Waals surface area (Å²) in [6.07, 6.45) is 17.6. The Hall–Kier alpha value is -0.0400. The van der Waals surface area contributed by atoms with E-state index in [4.69, 9.17) is 0 Å². The minimum Gasteiger partial charge on any atom is -0.335 e. The van der Waals surface area contributed by atoms with Gasteiger partial charge in [0.15, 0.2) is 0 Å². The molecule has 1 rings (SSSR count). The van der Waals surface area contributed by atoms with Crippen molar-refractivity contribution < 1.29 is 4.90 Å². The Balaban J connectivity index is 1.69. The third-order valence-corrected chi connectivity index (χ3v) is 4.19. The molecule has 0 aromatic heterocycles. The second kappa shape index (κ2) is 11.1. The lowest BCUT2D eigenvalue weighted by Crippen LogP contribution is -3.09. The molecule has 0 aromatic rings. The van der Waals surface area contributed by atoms with Gasteiger partial charge in [-0.3, -0.25) is 0 Å². The molecule has 1 fully saturated rings. The highest BCUT2D eigenvalue weighted by atomic mass is 15.1. The van der Waals surface area contributed by atoms with Gasteiger partial charge in [-0.15, -0.1) is 0 Å². The van der Waals surface area contributed by atoms with Crippen LogP contribution in [0.3, 0.4) is 0 Å². The van der Waals surface area contributed by atoms with E-state index in [2.05, 4.69) is 6.92 Å². The summed E-state index contributed by atoms with van der Waals surface area (Å²) in [6, 6.07) is 0. The molecule has 0 spiro atoms. The van der Waals surface area contributed by atoms with E-state index >= 15 is 0 Å². The van der Waals surface area contributed by atoms with Crippen molar-refractivity contribution in [1.82, 2.24) is 0 Å². The molecule has 0 atom stereocenters. The Morgan fingerprint density at radius 3 is 1.65 bits per heavy atom. The first-order valence-corrected chi connectivity index (χ1v) is 8.27. The molecule has 0 saturated carbocycles. The topological polar surface area (TPSA) is 4.44 Å². The fraction of sp³-hybridized carbons (Fsp3) is 1.00. The Bertz CT molecular complexity index is 150. The third kappa shape index (κ3) is 8.65. The van der Waals surface area contributed by atoms with E-state index in [0.29, 0.717) is 0 Å². The molecule has 0 unspecified atom stereocenters. The van der Waals surface area contributed by atoms with E-state index in [1.807, 2.05) is 4.90 Å². The number of hydrogen-bond acceptors (Lipinski definition) is 0. The van der Waals surface area contributed by atoms with Crippen molar-refractivity contribution in [3.63, 3.8) is 0 Å². The number of quaternary nitrogens is 1. The normalized spacial score (nSPS) is 16.8. The molecule has 0 aliphatic carbocycles. The zero-order valence-corrected chi connectivity index (χ0v) is 12.1. The van der Waals surface area contributed by atoms with Crippen molar-refractivity contribution in [2.24, 2.45) is 0 Å². The summed E-state index contributed by atoms with van der Waals surface area (Å²) in [5, 5.41) is 0. The molecule has 1 N–H and O–H groups in total. The predicted molar refractivity (Wildman–Crippen MR) is 76.6 cm³/mol. The fourth-order valence-corrected chi connectivity index (χ4v) is 2.99. The summed E-state index contributed by atoms with van der Waals surface area (Å²) in [4.78, 5) is 1.88. The third-order valence-electron chi connectivity index (χ3n) is 4.19. The van der Waals surface area contributed by atoms with E-state index in [1.165, 1.54) is 96.7 Å². The lowest BCUT2D eigenvalue weighted by Gasteiger charge is -2.11. The van der Waals surface area contributed by atoms with Crippen LogP contribution < -0.4 is 4.90 Å². The summed E-state index contributed by atoms with van der Waals surface area (Å²) < 4.78 is 0.